The zero-order valence-corrected chi connectivity index (χ0v) is 15.3. The quantitative estimate of drug-likeness (QED) is 0.666. The molecule has 0 aliphatic heterocycles. The van der Waals surface area contributed by atoms with Crippen molar-refractivity contribution in [2.45, 2.75) is 12.3 Å². The van der Waals surface area contributed by atoms with Gasteiger partial charge in [-0.05, 0) is 60.2 Å². The normalized spacial score (nSPS) is 17.5. The summed E-state index contributed by atoms with van der Waals surface area (Å²) in [5.41, 5.74) is 3.34. The van der Waals surface area contributed by atoms with Crippen molar-refractivity contribution in [3.05, 3.63) is 94.8 Å². The number of benzene rings is 2. The highest BCUT2D eigenvalue weighted by molar-refractivity contribution is 6.31. The van der Waals surface area contributed by atoms with Gasteiger partial charge in [0.25, 0.3) is 0 Å². The van der Waals surface area contributed by atoms with Gasteiger partial charge in [-0.2, -0.15) is 0 Å². The minimum Gasteiger partial charge on any atom is -0.326 e. The van der Waals surface area contributed by atoms with Crippen LogP contribution in [0.2, 0.25) is 5.02 Å². The molecule has 3 nitrogen and oxygen atoms in total. The van der Waals surface area contributed by atoms with Gasteiger partial charge in [-0.3, -0.25) is 4.79 Å². The lowest BCUT2D eigenvalue weighted by molar-refractivity contribution is -0.117. The van der Waals surface area contributed by atoms with Crippen molar-refractivity contribution in [2.24, 2.45) is 5.92 Å². The van der Waals surface area contributed by atoms with Crippen LogP contribution in [0.3, 0.4) is 0 Å². The van der Waals surface area contributed by atoms with Crippen LogP contribution in [0.15, 0.2) is 72.9 Å². The number of rotatable bonds is 3. The number of anilines is 1. The molecule has 2 atom stereocenters. The molecule has 2 unspecified atom stereocenters. The molecule has 1 aliphatic rings. The Bertz CT molecular complexity index is 1040. The summed E-state index contributed by atoms with van der Waals surface area (Å²) in [7, 11) is 0. The van der Waals surface area contributed by atoms with E-state index in [4.69, 9.17) is 11.6 Å². The lowest BCUT2D eigenvalue weighted by Crippen LogP contribution is -2.14. The summed E-state index contributed by atoms with van der Waals surface area (Å²) in [4.78, 5) is 16.7. The molecule has 1 saturated carbocycles. The number of hydrogen-bond donors (Lipinski definition) is 1. The van der Waals surface area contributed by atoms with Crippen molar-refractivity contribution in [3.63, 3.8) is 0 Å². The molecule has 4 rings (SSSR count). The molecule has 1 amide bonds. The van der Waals surface area contributed by atoms with E-state index in [1.165, 1.54) is 0 Å². The number of amides is 1. The molecule has 0 radical (unpaired) electrons. The maximum atomic E-state index is 12.6. The van der Waals surface area contributed by atoms with Gasteiger partial charge in [0.05, 0.1) is 0 Å². The van der Waals surface area contributed by atoms with Gasteiger partial charge in [-0.15, -0.1) is 0 Å². The fourth-order valence-electron chi connectivity index (χ4n) is 3.09. The van der Waals surface area contributed by atoms with Gasteiger partial charge < -0.3 is 5.32 Å². The SMILES string of the molecule is O=C(Nc1cccc(C#Cc2ccccn2)c1)C1CC1c1ccccc1Cl. The minimum atomic E-state index is -0.0341. The second-order valence-electron chi connectivity index (χ2n) is 6.51. The highest BCUT2D eigenvalue weighted by atomic mass is 35.5. The van der Waals surface area contributed by atoms with Crippen LogP contribution >= 0.6 is 11.6 Å². The number of carbonyl (C=O) groups is 1. The molecular weight excluding hydrogens is 356 g/mol. The molecule has 1 aromatic heterocycles. The first kappa shape index (κ1) is 17.3. The number of nitrogens with zero attached hydrogens (tertiary/aromatic N) is 1. The van der Waals surface area contributed by atoms with Gasteiger partial charge in [0.15, 0.2) is 0 Å². The Morgan fingerprint density at radius 3 is 2.70 bits per heavy atom. The molecule has 1 fully saturated rings. The second-order valence-corrected chi connectivity index (χ2v) is 6.91. The van der Waals surface area contributed by atoms with Crippen LogP contribution < -0.4 is 5.32 Å². The van der Waals surface area contributed by atoms with Gasteiger partial charge >= 0.3 is 0 Å². The van der Waals surface area contributed by atoms with Gasteiger partial charge in [-0.1, -0.05) is 47.9 Å². The minimum absolute atomic E-state index is 0.0229. The first-order chi connectivity index (χ1) is 13.2. The van der Waals surface area contributed by atoms with Crippen LogP contribution in [0, 0.1) is 17.8 Å². The van der Waals surface area contributed by atoms with Gasteiger partial charge in [0, 0.05) is 28.4 Å². The number of pyridine rings is 1. The fourth-order valence-corrected chi connectivity index (χ4v) is 3.36. The third-order valence-corrected chi connectivity index (χ3v) is 4.91. The highest BCUT2D eigenvalue weighted by Gasteiger charge is 2.44. The molecule has 132 valence electrons. The molecule has 0 saturated heterocycles. The van der Waals surface area contributed by atoms with Gasteiger partial charge in [-0.25, -0.2) is 4.98 Å². The Labute approximate surface area is 163 Å². The van der Waals surface area contributed by atoms with Crippen LogP contribution in [0.4, 0.5) is 5.69 Å². The maximum Gasteiger partial charge on any atom is 0.228 e. The van der Waals surface area contributed by atoms with E-state index >= 15 is 0 Å². The molecule has 4 heteroatoms. The summed E-state index contributed by atoms with van der Waals surface area (Å²) >= 11 is 6.24. The number of carbonyl (C=O) groups excluding carboxylic acids is 1. The highest BCUT2D eigenvalue weighted by Crippen LogP contribution is 2.49. The predicted octanol–water partition coefficient (Wildman–Crippen LogP) is 4.88. The summed E-state index contributed by atoms with van der Waals surface area (Å²) in [6, 6.07) is 20.9. The van der Waals surface area contributed by atoms with E-state index in [9.17, 15) is 4.79 Å². The lowest BCUT2D eigenvalue weighted by atomic mass is 10.1. The van der Waals surface area contributed by atoms with Crippen LogP contribution in [0.25, 0.3) is 0 Å². The zero-order valence-electron chi connectivity index (χ0n) is 14.5. The van der Waals surface area contributed by atoms with Crippen molar-refractivity contribution in [3.8, 4) is 11.8 Å². The molecule has 1 heterocycles. The topological polar surface area (TPSA) is 42.0 Å². The summed E-state index contributed by atoms with van der Waals surface area (Å²) < 4.78 is 0. The number of nitrogens with one attached hydrogen (secondary N) is 1. The van der Waals surface area contributed by atoms with E-state index in [1.54, 1.807) is 6.20 Å². The Balaban J connectivity index is 1.43. The number of halogens is 1. The maximum absolute atomic E-state index is 12.6. The largest absolute Gasteiger partial charge is 0.326 e. The monoisotopic (exact) mass is 372 g/mol. The second kappa shape index (κ2) is 7.65. The van der Waals surface area contributed by atoms with Gasteiger partial charge in [0.2, 0.25) is 5.91 Å². The van der Waals surface area contributed by atoms with E-state index in [-0.39, 0.29) is 17.7 Å². The van der Waals surface area contributed by atoms with E-state index in [1.807, 2.05) is 66.7 Å². The molecule has 2 aromatic carbocycles. The van der Waals surface area contributed by atoms with Crippen LogP contribution in [-0.2, 0) is 4.79 Å². The van der Waals surface area contributed by atoms with Crippen molar-refractivity contribution >= 4 is 23.2 Å². The number of aromatic nitrogens is 1. The van der Waals surface area contributed by atoms with Crippen LogP contribution in [0.1, 0.15) is 29.2 Å². The lowest BCUT2D eigenvalue weighted by Gasteiger charge is -2.06. The van der Waals surface area contributed by atoms with Crippen molar-refractivity contribution in [1.82, 2.24) is 4.98 Å². The first-order valence-corrected chi connectivity index (χ1v) is 9.17. The average Bonchev–Trinajstić information content (AvgIpc) is 3.49. The summed E-state index contributed by atoms with van der Waals surface area (Å²) in [5, 5.41) is 3.72. The molecule has 0 spiro atoms. The van der Waals surface area contributed by atoms with Gasteiger partial charge in [0.1, 0.15) is 5.69 Å². The fraction of sp³-hybridized carbons (Fsp3) is 0.130. The van der Waals surface area contributed by atoms with Crippen molar-refractivity contribution in [1.29, 1.82) is 0 Å². The smallest absolute Gasteiger partial charge is 0.228 e. The predicted molar refractivity (Wildman–Crippen MR) is 108 cm³/mol. The zero-order chi connectivity index (χ0) is 18.6. The Hall–Kier alpha value is -3.09. The molecule has 0 bridgehead atoms. The Morgan fingerprint density at radius 2 is 1.89 bits per heavy atom. The summed E-state index contributed by atoms with van der Waals surface area (Å²) in [6.07, 6.45) is 2.54. The van der Waals surface area contributed by atoms with E-state index in [2.05, 4.69) is 22.1 Å². The van der Waals surface area contributed by atoms with Crippen LogP contribution in [0.5, 0.6) is 0 Å². The molecule has 1 aliphatic carbocycles. The van der Waals surface area contributed by atoms with Crippen LogP contribution in [-0.4, -0.2) is 10.9 Å². The molecule has 27 heavy (non-hydrogen) atoms. The third-order valence-electron chi connectivity index (χ3n) is 4.56. The Morgan fingerprint density at radius 1 is 1.04 bits per heavy atom. The van der Waals surface area contributed by atoms with E-state index in [0.717, 1.165) is 28.3 Å². The third kappa shape index (κ3) is 4.19. The first-order valence-electron chi connectivity index (χ1n) is 8.79. The molecule has 3 aromatic rings. The van der Waals surface area contributed by atoms with Crippen molar-refractivity contribution in [2.75, 3.05) is 5.32 Å². The number of hydrogen-bond acceptors (Lipinski definition) is 2. The standard InChI is InChI=1S/C23H17ClN2O/c24-22-10-2-1-9-19(22)20-15-21(20)23(27)26-18-8-5-6-16(14-18)11-12-17-7-3-4-13-25-17/h1-10,13-14,20-21H,15H2,(H,26,27). The summed E-state index contributed by atoms with van der Waals surface area (Å²) in [5.74, 6) is 6.29. The molecular formula is C23H17ClN2O. The Kier molecular flexibility index (Phi) is 4.91. The van der Waals surface area contributed by atoms with E-state index < -0.39 is 0 Å². The van der Waals surface area contributed by atoms with E-state index in [0.29, 0.717) is 5.69 Å². The summed E-state index contributed by atoms with van der Waals surface area (Å²) in [6.45, 7) is 0. The van der Waals surface area contributed by atoms with Crippen molar-refractivity contribution < 1.29 is 4.79 Å². The molecule has 1 N–H and O–H groups in total. The average molecular weight is 373 g/mol.